The van der Waals surface area contributed by atoms with Gasteiger partial charge < -0.3 is 10.1 Å². The van der Waals surface area contributed by atoms with E-state index in [0.29, 0.717) is 0 Å². The van der Waals surface area contributed by atoms with Gasteiger partial charge in [-0.2, -0.15) is 0 Å². The molecule has 0 radical (unpaired) electrons. The molecule has 0 heterocycles. The van der Waals surface area contributed by atoms with Crippen molar-refractivity contribution in [3.8, 4) is 5.75 Å². The lowest BCUT2D eigenvalue weighted by Gasteiger charge is -2.18. The number of hydrogen-bond acceptors (Lipinski definition) is 2. The molecule has 1 aromatic rings. The summed E-state index contributed by atoms with van der Waals surface area (Å²) in [6, 6.07) is 5.98. The van der Waals surface area contributed by atoms with Crippen LogP contribution in [0.3, 0.4) is 0 Å². The molecule has 1 N–H and O–H groups in total. The van der Waals surface area contributed by atoms with Gasteiger partial charge in [-0.1, -0.05) is 18.2 Å². The van der Waals surface area contributed by atoms with E-state index in [1.54, 1.807) is 18.2 Å². The van der Waals surface area contributed by atoms with Crippen LogP contribution in [0.5, 0.6) is 5.75 Å². The first-order valence-corrected chi connectivity index (χ1v) is 5.56. The van der Waals surface area contributed by atoms with E-state index in [9.17, 15) is 13.2 Å². The SMILES string of the molecule is C=CC(C)NC(C)c1ccc(OC(F)(F)F)cc1. The Morgan fingerprint density at radius 3 is 2.22 bits per heavy atom. The second kappa shape index (κ2) is 5.91. The maximum Gasteiger partial charge on any atom is 0.573 e. The molecule has 0 saturated heterocycles. The quantitative estimate of drug-likeness (QED) is 0.812. The van der Waals surface area contributed by atoms with Crippen LogP contribution in [-0.2, 0) is 0 Å². The van der Waals surface area contributed by atoms with Crippen LogP contribution in [0, 0.1) is 0 Å². The summed E-state index contributed by atoms with van der Waals surface area (Å²) in [6.45, 7) is 7.53. The van der Waals surface area contributed by atoms with Gasteiger partial charge in [-0.15, -0.1) is 19.8 Å². The Morgan fingerprint density at radius 2 is 1.78 bits per heavy atom. The molecule has 18 heavy (non-hydrogen) atoms. The molecule has 0 bridgehead atoms. The first-order chi connectivity index (χ1) is 8.31. The van der Waals surface area contributed by atoms with E-state index in [4.69, 9.17) is 0 Å². The maximum atomic E-state index is 12.0. The lowest BCUT2D eigenvalue weighted by Crippen LogP contribution is -2.26. The molecular formula is C13H16F3NO. The summed E-state index contributed by atoms with van der Waals surface area (Å²) in [4.78, 5) is 0. The van der Waals surface area contributed by atoms with E-state index >= 15 is 0 Å². The molecule has 0 aliphatic rings. The minimum absolute atomic E-state index is 0.0259. The van der Waals surface area contributed by atoms with E-state index in [-0.39, 0.29) is 17.8 Å². The van der Waals surface area contributed by atoms with Gasteiger partial charge in [-0.25, -0.2) is 0 Å². The number of rotatable bonds is 5. The number of alkyl halides is 3. The smallest absolute Gasteiger partial charge is 0.406 e. The highest BCUT2D eigenvalue weighted by Crippen LogP contribution is 2.24. The Morgan fingerprint density at radius 1 is 1.22 bits per heavy atom. The fourth-order valence-corrected chi connectivity index (χ4v) is 1.52. The van der Waals surface area contributed by atoms with Crippen molar-refractivity contribution in [1.29, 1.82) is 0 Å². The Hall–Kier alpha value is -1.49. The normalized spacial score (nSPS) is 14.9. The largest absolute Gasteiger partial charge is 0.573 e. The fraction of sp³-hybridized carbons (Fsp3) is 0.385. The van der Waals surface area contributed by atoms with Gasteiger partial charge in [0.15, 0.2) is 0 Å². The van der Waals surface area contributed by atoms with Crippen molar-refractivity contribution < 1.29 is 17.9 Å². The topological polar surface area (TPSA) is 21.3 Å². The van der Waals surface area contributed by atoms with Crippen LogP contribution in [0.4, 0.5) is 13.2 Å². The van der Waals surface area contributed by atoms with Gasteiger partial charge in [0.25, 0.3) is 0 Å². The highest BCUT2D eigenvalue weighted by molar-refractivity contribution is 5.29. The minimum Gasteiger partial charge on any atom is -0.406 e. The lowest BCUT2D eigenvalue weighted by molar-refractivity contribution is -0.274. The number of halogens is 3. The molecule has 0 saturated carbocycles. The Balaban J connectivity index is 2.67. The van der Waals surface area contributed by atoms with Crippen LogP contribution in [0.2, 0.25) is 0 Å². The van der Waals surface area contributed by atoms with Crippen LogP contribution in [-0.4, -0.2) is 12.4 Å². The molecule has 2 nitrogen and oxygen atoms in total. The van der Waals surface area contributed by atoms with Gasteiger partial charge in [0, 0.05) is 12.1 Å². The highest BCUT2D eigenvalue weighted by atomic mass is 19.4. The highest BCUT2D eigenvalue weighted by Gasteiger charge is 2.30. The predicted molar refractivity (Wildman–Crippen MR) is 64.3 cm³/mol. The van der Waals surface area contributed by atoms with Gasteiger partial charge >= 0.3 is 6.36 Å². The fourth-order valence-electron chi connectivity index (χ4n) is 1.52. The molecule has 0 aromatic heterocycles. The van der Waals surface area contributed by atoms with Gasteiger partial charge in [0.1, 0.15) is 5.75 Å². The third-order valence-electron chi connectivity index (χ3n) is 2.48. The van der Waals surface area contributed by atoms with Crippen molar-refractivity contribution in [2.24, 2.45) is 0 Å². The average Bonchev–Trinajstić information content (AvgIpc) is 2.27. The van der Waals surface area contributed by atoms with Crippen LogP contribution in [0.25, 0.3) is 0 Å². The Labute approximate surface area is 104 Å². The molecule has 100 valence electrons. The van der Waals surface area contributed by atoms with Crippen molar-refractivity contribution in [2.75, 3.05) is 0 Å². The van der Waals surface area contributed by atoms with Crippen molar-refractivity contribution in [2.45, 2.75) is 32.3 Å². The standard InChI is InChI=1S/C13H16F3NO/c1-4-9(2)17-10(3)11-5-7-12(8-6-11)18-13(14,15)16/h4-10,17H,1H2,2-3H3. The molecule has 1 aromatic carbocycles. The molecule has 5 heteroatoms. The Kier molecular flexibility index (Phi) is 4.78. The van der Waals surface area contributed by atoms with Crippen LogP contribution in [0.15, 0.2) is 36.9 Å². The zero-order chi connectivity index (χ0) is 13.8. The summed E-state index contributed by atoms with van der Waals surface area (Å²) in [5.41, 5.74) is 0.887. The summed E-state index contributed by atoms with van der Waals surface area (Å²) in [5.74, 6) is -0.213. The molecule has 0 spiro atoms. The third kappa shape index (κ3) is 4.79. The number of hydrogen-bond donors (Lipinski definition) is 1. The van der Waals surface area contributed by atoms with Crippen molar-refractivity contribution >= 4 is 0 Å². The van der Waals surface area contributed by atoms with E-state index in [0.717, 1.165) is 5.56 Å². The minimum atomic E-state index is -4.65. The first-order valence-electron chi connectivity index (χ1n) is 5.56. The lowest BCUT2D eigenvalue weighted by atomic mass is 10.1. The molecule has 0 aliphatic heterocycles. The number of ether oxygens (including phenoxy) is 1. The van der Waals surface area contributed by atoms with Crippen molar-refractivity contribution in [3.63, 3.8) is 0 Å². The summed E-state index contributed by atoms with van der Waals surface area (Å²) >= 11 is 0. The molecule has 0 fully saturated rings. The second-order valence-electron chi connectivity index (χ2n) is 4.03. The monoisotopic (exact) mass is 259 g/mol. The summed E-state index contributed by atoms with van der Waals surface area (Å²) < 4.78 is 39.7. The predicted octanol–water partition coefficient (Wildman–Crippen LogP) is 3.81. The summed E-state index contributed by atoms with van der Waals surface area (Å²) in [7, 11) is 0. The van der Waals surface area contributed by atoms with Gasteiger partial charge in [0.2, 0.25) is 0 Å². The van der Waals surface area contributed by atoms with Crippen molar-refractivity contribution in [3.05, 3.63) is 42.5 Å². The van der Waals surface area contributed by atoms with Crippen molar-refractivity contribution in [1.82, 2.24) is 5.32 Å². The Bertz CT molecular complexity index is 386. The molecule has 1 rings (SSSR count). The van der Waals surface area contributed by atoms with E-state index in [1.807, 2.05) is 13.8 Å². The molecule has 0 aliphatic carbocycles. The zero-order valence-corrected chi connectivity index (χ0v) is 10.3. The third-order valence-corrected chi connectivity index (χ3v) is 2.48. The summed E-state index contributed by atoms with van der Waals surface area (Å²) in [6.07, 6.45) is -2.89. The molecule has 2 unspecified atom stereocenters. The van der Waals surface area contributed by atoms with Crippen LogP contribution < -0.4 is 10.1 Å². The maximum absolute atomic E-state index is 12.0. The van der Waals surface area contributed by atoms with Gasteiger partial charge in [0.05, 0.1) is 0 Å². The van der Waals surface area contributed by atoms with Gasteiger partial charge in [-0.3, -0.25) is 0 Å². The van der Waals surface area contributed by atoms with Crippen LogP contribution >= 0.6 is 0 Å². The van der Waals surface area contributed by atoms with E-state index in [1.165, 1.54) is 12.1 Å². The summed E-state index contributed by atoms with van der Waals surface area (Å²) in [5, 5.41) is 3.23. The molecule has 0 amide bonds. The number of nitrogens with one attached hydrogen (secondary N) is 1. The van der Waals surface area contributed by atoms with E-state index < -0.39 is 6.36 Å². The second-order valence-corrected chi connectivity index (χ2v) is 4.03. The van der Waals surface area contributed by atoms with Crippen LogP contribution in [0.1, 0.15) is 25.5 Å². The zero-order valence-electron chi connectivity index (χ0n) is 10.3. The average molecular weight is 259 g/mol. The first kappa shape index (κ1) is 14.6. The van der Waals surface area contributed by atoms with Gasteiger partial charge in [-0.05, 0) is 31.5 Å². The number of benzene rings is 1. The molecular weight excluding hydrogens is 243 g/mol. The van der Waals surface area contributed by atoms with E-state index in [2.05, 4.69) is 16.6 Å². The molecule has 2 atom stereocenters.